The number of piperazine rings is 1. The lowest BCUT2D eigenvalue weighted by molar-refractivity contribution is 0.0496. The average molecular weight is 401 g/mol. The second-order valence-electron chi connectivity index (χ2n) is 8.72. The zero-order valence-corrected chi connectivity index (χ0v) is 17.5. The van der Waals surface area contributed by atoms with Crippen LogP contribution in [-0.4, -0.2) is 62.1 Å². The molecule has 1 atom stereocenters. The molecule has 0 unspecified atom stereocenters. The molecular weight excluding hydrogens is 368 g/mol. The predicted molar refractivity (Wildman–Crippen MR) is 108 cm³/mol. The molecule has 2 aromatic heterocycles. The van der Waals surface area contributed by atoms with Gasteiger partial charge in [-0.1, -0.05) is 33.1 Å². The Morgan fingerprint density at radius 3 is 2.59 bits per heavy atom. The van der Waals surface area contributed by atoms with E-state index < -0.39 is 0 Å². The first kappa shape index (κ1) is 20.1. The van der Waals surface area contributed by atoms with Gasteiger partial charge in [0.25, 0.3) is 5.91 Å². The van der Waals surface area contributed by atoms with Gasteiger partial charge in [0.15, 0.2) is 11.6 Å². The normalized spacial score (nSPS) is 20.3. The van der Waals surface area contributed by atoms with Crippen LogP contribution in [0, 0.1) is 5.92 Å². The molecule has 1 aliphatic heterocycles. The third-order valence-corrected chi connectivity index (χ3v) is 6.21. The number of carbonyl (C=O) groups excluding carboxylic acids is 1. The topological polar surface area (TPSA) is 80.3 Å². The van der Waals surface area contributed by atoms with Crippen LogP contribution in [0.4, 0.5) is 0 Å². The third kappa shape index (κ3) is 4.52. The number of rotatable bonds is 6. The van der Waals surface area contributed by atoms with E-state index in [1.807, 2.05) is 4.90 Å². The monoisotopic (exact) mass is 400 g/mol. The zero-order chi connectivity index (χ0) is 20.2. The molecule has 1 saturated carbocycles. The van der Waals surface area contributed by atoms with Crippen molar-refractivity contribution in [3.63, 3.8) is 0 Å². The summed E-state index contributed by atoms with van der Waals surface area (Å²) in [5, 5.41) is 12.9. The van der Waals surface area contributed by atoms with Crippen molar-refractivity contribution in [2.75, 3.05) is 26.2 Å². The van der Waals surface area contributed by atoms with Crippen LogP contribution in [0.3, 0.4) is 0 Å². The Hall–Kier alpha value is -2.22. The Morgan fingerprint density at radius 1 is 1.17 bits per heavy atom. The van der Waals surface area contributed by atoms with E-state index in [-0.39, 0.29) is 11.9 Å². The molecule has 158 valence electrons. The fourth-order valence-corrected chi connectivity index (χ4v) is 4.66. The number of aromatic nitrogens is 4. The molecule has 29 heavy (non-hydrogen) atoms. The highest BCUT2D eigenvalue weighted by Gasteiger charge is 2.33. The van der Waals surface area contributed by atoms with Gasteiger partial charge in [0.2, 0.25) is 0 Å². The van der Waals surface area contributed by atoms with Gasteiger partial charge in [0.05, 0.1) is 18.3 Å². The van der Waals surface area contributed by atoms with Gasteiger partial charge in [-0.3, -0.25) is 9.69 Å². The maximum absolute atomic E-state index is 12.6. The molecule has 0 spiro atoms. The molecule has 2 aliphatic rings. The van der Waals surface area contributed by atoms with Gasteiger partial charge < -0.3 is 9.32 Å². The maximum atomic E-state index is 12.6. The number of carbonyl (C=O) groups is 1. The molecule has 8 heteroatoms. The lowest BCUT2D eigenvalue weighted by atomic mass is 9.94. The molecule has 0 bridgehead atoms. The van der Waals surface area contributed by atoms with Gasteiger partial charge >= 0.3 is 0 Å². The number of amides is 1. The number of hydrogen-bond acceptors (Lipinski definition) is 6. The molecule has 4 rings (SSSR count). The number of hydrogen-bond donors (Lipinski definition) is 0. The molecular formula is C21H32N6O2. The van der Waals surface area contributed by atoms with Gasteiger partial charge in [-0.15, -0.1) is 5.10 Å². The van der Waals surface area contributed by atoms with Crippen molar-refractivity contribution < 1.29 is 9.21 Å². The molecule has 2 fully saturated rings. The molecule has 1 aliphatic carbocycles. The van der Waals surface area contributed by atoms with Crippen LogP contribution in [0.25, 0.3) is 0 Å². The minimum absolute atomic E-state index is 0.0258. The summed E-state index contributed by atoms with van der Waals surface area (Å²) in [5.74, 6) is 1.93. The van der Waals surface area contributed by atoms with E-state index in [4.69, 9.17) is 4.42 Å². The molecule has 8 nitrogen and oxygen atoms in total. The highest BCUT2D eigenvalue weighted by atomic mass is 16.3. The van der Waals surface area contributed by atoms with E-state index in [0.29, 0.717) is 30.8 Å². The molecule has 2 aromatic rings. The van der Waals surface area contributed by atoms with Crippen LogP contribution in [-0.2, 0) is 0 Å². The van der Waals surface area contributed by atoms with Gasteiger partial charge in [0, 0.05) is 26.2 Å². The maximum Gasteiger partial charge on any atom is 0.289 e. The Bertz CT molecular complexity index is 773. The summed E-state index contributed by atoms with van der Waals surface area (Å²) in [6, 6.07) is 4.10. The highest BCUT2D eigenvalue weighted by molar-refractivity contribution is 5.91. The molecule has 0 radical (unpaired) electrons. The smallest absolute Gasteiger partial charge is 0.289 e. The lowest BCUT2D eigenvalue weighted by Crippen LogP contribution is -2.50. The van der Waals surface area contributed by atoms with E-state index in [1.165, 1.54) is 19.3 Å². The van der Waals surface area contributed by atoms with E-state index in [1.54, 1.807) is 18.4 Å². The molecule has 0 aromatic carbocycles. The van der Waals surface area contributed by atoms with Crippen molar-refractivity contribution in [2.24, 2.45) is 5.92 Å². The van der Waals surface area contributed by atoms with E-state index in [9.17, 15) is 4.79 Å². The first-order chi connectivity index (χ1) is 14.1. The van der Waals surface area contributed by atoms with Crippen molar-refractivity contribution >= 4 is 5.91 Å². The fourth-order valence-electron chi connectivity index (χ4n) is 4.66. The van der Waals surface area contributed by atoms with Crippen LogP contribution in [0.2, 0.25) is 0 Å². The largest absolute Gasteiger partial charge is 0.459 e. The summed E-state index contributed by atoms with van der Waals surface area (Å²) in [7, 11) is 0. The minimum Gasteiger partial charge on any atom is -0.459 e. The summed E-state index contributed by atoms with van der Waals surface area (Å²) in [6.45, 7) is 7.53. The number of furan rings is 1. The second kappa shape index (κ2) is 9.07. The average Bonchev–Trinajstić information content (AvgIpc) is 3.44. The molecule has 0 N–H and O–H groups in total. The number of tetrazole rings is 1. The van der Waals surface area contributed by atoms with Gasteiger partial charge in [-0.2, -0.15) is 0 Å². The molecule has 3 heterocycles. The van der Waals surface area contributed by atoms with Crippen molar-refractivity contribution in [1.29, 1.82) is 0 Å². The summed E-state index contributed by atoms with van der Waals surface area (Å²) < 4.78 is 7.39. The second-order valence-corrected chi connectivity index (χ2v) is 8.72. The van der Waals surface area contributed by atoms with Crippen molar-refractivity contribution in [3.8, 4) is 0 Å². The standard InChI is InChI=1S/C21H32N6O2/c1-16(2)15-18(20-22-23-24-27(20)17-7-4-3-5-8-17)25-10-12-26(13-11-25)21(28)19-9-6-14-29-19/h6,9,14,16-18H,3-5,7-8,10-13,15H2,1-2H3/t18-/m1/s1. The van der Waals surface area contributed by atoms with Gasteiger partial charge in [0.1, 0.15) is 0 Å². The van der Waals surface area contributed by atoms with Crippen LogP contribution in [0.5, 0.6) is 0 Å². The van der Waals surface area contributed by atoms with Crippen LogP contribution >= 0.6 is 0 Å². The van der Waals surface area contributed by atoms with E-state index in [0.717, 1.165) is 38.2 Å². The quantitative estimate of drug-likeness (QED) is 0.740. The summed E-state index contributed by atoms with van der Waals surface area (Å²) in [5.41, 5.74) is 0. The summed E-state index contributed by atoms with van der Waals surface area (Å²) in [4.78, 5) is 16.9. The van der Waals surface area contributed by atoms with Crippen molar-refractivity contribution in [2.45, 2.75) is 64.5 Å². The predicted octanol–water partition coefficient (Wildman–Crippen LogP) is 3.32. The Kier molecular flexibility index (Phi) is 6.28. The van der Waals surface area contributed by atoms with Gasteiger partial charge in [-0.05, 0) is 47.7 Å². The van der Waals surface area contributed by atoms with Crippen LogP contribution in [0.1, 0.15) is 80.8 Å². The zero-order valence-electron chi connectivity index (χ0n) is 17.5. The lowest BCUT2D eigenvalue weighted by Gasteiger charge is -2.39. The summed E-state index contributed by atoms with van der Waals surface area (Å²) in [6.07, 6.45) is 8.72. The first-order valence-electron chi connectivity index (χ1n) is 11.0. The fraction of sp³-hybridized carbons (Fsp3) is 0.714. The van der Waals surface area contributed by atoms with Crippen LogP contribution < -0.4 is 0 Å². The first-order valence-corrected chi connectivity index (χ1v) is 11.0. The van der Waals surface area contributed by atoms with Crippen LogP contribution in [0.15, 0.2) is 22.8 Å². The van der Waals surface area contributed by atoms with E-state index >= 15 is 0 Å². The Balaban J connectivity index is 1.47. The van der Waals surface area contributed by atoms with E-state index in [2.05, 4.69) is 39.0 Å². The third-order valence-electron chi connectivity index (χ3n) is 6.21. The van der Waals surface area contributed by atoms with Crippen molar-refractivity contribution in [1.82, 2.24) is 30.0 Å². The van der Waals surface area contributed by atoms with Crippen molar-refractivity contribution in [3.05, 3.63) is 30.0 Å². The molecule has 1 saturated heterocycles. The molecule has 1 amide bonds. The Morgan fingerprint density at radius 2 is 1.93 bits per heavy atom. The van der Waals surface area contributed by atoms with Gasteiger partial charge in [-0.25, -0.2) is 4.68 Å². The number of nitrogens with zero attached hydrogens (tertiary/aromatic N) is 6. The Labute approximate surface area is 172 Å². The summed E-state index contributed by atoms with van der Waals surface area (Å²) >= 11 is 0. The highest BCUT2D eigenvalue weighted by Crippen LogP contribution is 2.33. The minimum atomic E-state index is -0.0258. The SMILES string of the molecule is CC(C)C[C@H](c1nnnn1C1CCCCC1)N1CCN(C(=O)c2ccco2)CC1.